The van der Waals surface area contributed by atoms with Crippen LogP contribution < -0.4 is 9.47 Å². The molecule has 0 atom stereocenters. The van der Waals surface area contributed by atoms with E-state index in [1.807, 2.05) is 71.6 Å². The van der Waals surface area contributed by atoms with E-state index >= 15 is 0 Å². The van der Waals surface area contributed by atoms with Crippen molar-refractivity contribution in [2.45, 2.75) is 32.5 Å². The molecule has 0 spiro atoms. The highest BCUT2D eigenvalue weighted by atomic mass is 16.5. The van der Waals surface area contributed by atoms with Gasteiger partial charge in [0.25, 0.3) is 0 Å². The van der Waals surface area contributed by atoms with E-state index in [-0.39, 0.29) is 11.8 Å². The lowest BCUT2D eigenvalue weighted by molar-refractivity contribution is -0.133. The Morgan fingerprint density at radius 1 is 0.833 bits per heavy atom. The Labute approximate surface area is 178 Å². The van der Waals surface area contributed by atoms with Crippen LogP contribution in [0.25, 0.3) is 0 Å². The minimum absolute atomic E-state index is 0.184. The Balaban J connectivity index is 1.47. The van der Waals surface area contributed by atoms with Crippen LogP contribution in [-0.2, 0) is 24.5 Å². The number of carbonyl (C=O) groups is 1. The van der Waals surface area contributed by atoms with Gasteiger partial charge in [-0.1, -0.05) is 66.7 Å². The van der Waals surface area contributed by atoms with E-state index in [0.717, 1.165) is 29.5 Å². The summed E-state index contributed by atoms with van der Waals surface area (Å²) in [7, 11) is 1.64. The molecule has 0 aromatic heterocycles. The smallest absolute Gasteiger partial charge is 0.226 e. The quantitative estimate of drug-likeness (QED) is 0.494. The van der Waals surface area contributed by atoms with Crippen LogP contribution in [0.2, 0.25) is 0 Å². The van der Waals surface area contributed by atoms with Gasteiger partial charge in [0.2, 0.25) is 5.91 Å². The van der Waals surface area contributed by atoms with Crippen molar-refractivity contribution >= 4 is 5.91 Å². The molecule has 3 aromatic rings. The maximum absolute atomic E-state index is 12.9. The first-order valence-corrected chi connectivity index (χ1v) is 10.4. The molecule has 154 valence electrons. The second kappa shape index (κ2) is 9.49. The van der Waals surface area contributed by atoms with Gasteiger partial charge in [-0.2, -0.15) is 0 Å². The van der Waals surface area contributed by atoms with Gasteiger partial charge in [-0.15, -0.1) is 0 Å². The number of hydrogen-bond donors (Lipinski definition) is 0. The number of hydrogen-bond acceptors (Lipinski definition) is 3. The number of methoxy groups -OCH3 is 1. The van der Waals surface area contributed by atoms with Gasteiger partial charge >= 0.3 is 0 Å². The monoisotopic (exact) mass is 401 g/mol. The summed E-state index contributed by atoms with van der Waals surface area (Å²) in [4.78, 5) is 14.8. The summed E-state index contributed by atoms with van der Waals surface area (Å²) >= 11 is 0. The lowest BCUT2D eigenvalue weighted by atomic mass is 10.1. The molecular weight excluding hydrogens is 374 g/mol. The summed E-state index contributed by atoms with van der Waals surface area (Å²) in [5.41, 5.74) is 3.28. The Kier molecular flexibility index (Phi) is 6.33. The Hall–Kier alpha value is -3.27. The van der Waals surface area contributed by atoms with E-state index in [2.05, 4.69) is 12.1 Å². The zero-order valence-electron chi connectivity index (χ0n) is 17.3. The normalized spacial score (nSPS) is 13.0. The maximum Gasteiger partial charge on any atom is 0.226 e. The van der Waals surface area contributed by atoms with Crippen molar-refractivity contribution in [1.82, 2.24) is 4.90 Å². The molecule has 1 aliphatic carbocycles. The fraction of sp³-hybridized carbons (Fsp3) is 0.269. The topological polar surface area (TPSA) is 38.8 Å². The molecule has 4 nitrogen and oxygen atoms in total. The van der Waals surface area contributed by atoms with Gasteiger partial charge in [0, 0.05) is 19.0 Å². The van der Waals surface area contributed by atoms with Crippen molar-refractivity contribution in [3.63, 3.8) is 0 Å². The van der Waals surface area contributed by atoms with Crippen LogP contribution >= 0.6 is 0 Å². The first-order chi connectivity index (χ1) is 14.7. The van der Waals surface area contributed by atoms with Crippen LogP contribution in [-0.4, -0.2) is 17.9 Å². The zero-order chi connectivity index (χ0) is 20.8. The molecule has 1 amide bonds. The first kappa shape index (κ1) is 20.0. The Morgan fingerprint density at radius 2 is 1.47 bits per heavy atom. The lowest BCUT2D eigenvalue weighted by Gasteiger charge is -2.24. The predicted molar refractivity (Wildman–Crippen MR) is 117 cm³/mol. The van der Waals surface area contributed by atoms with Crippen LogP contribution in [0.1, 0.15) is 29.5 Å². The number of rotatable bonds is 9. The van der Waals surface area contributed by atoms with E-state index < -0.39 is 0 Å². The number of amides is 1. The average Bonchev–Trinajstić information content (AvgIpc) is 3.64. The lowest BCUT2D eigenvalue weighted by Crippen LogP contribution is -2.31. The van der Waals surface area contributed by atoms with Crippen molar-refractivity contribution in [2.24, 2.45) is 5.92 Å². The molecule has 0 saturated heterocycles. The highest BCUT2D eigenvalue weighted by molar-refractivity contribution is 5.81. The van der Waals surface area contributed by atoms with Crippen molar-refractivity contribution in [3.05, 3.63) is 95.6 Å². The molecule has 1 aliphatic rings. The van der Waals surface area contributed by atoms with Gasteiger partial charge < -0.3 is 14.4 Å². The molecule has 0 radical (unpaired) electrons. The largest absolute Gasteiger partial charge is 0.493 e. The average molecular weight is 402 g/mol. The van der Waals surface area contributed by atoms with Gasteiger partial charge in [-0.25, -0.2) is 0 Å². The van der Waals surface area contributed by atoms with Crippen molar-refractivity contribution < 1.29 is 14.3 Å². The summed E-state index contributed by atoms with van der Waals surface area (Å²) < 4.78 is 11.5. The first-order valence-electron chi connectivity index (χ1n) is 10.4. The molecule has 1 saturated carbocycles. The minimum Gasteiger partial charge on any atom is -0.493 e. The van der Waals surface area contributed by atoms with Gasteiger partial charge in [-0.3, -0.25) is 4.79 Å². The van der Waals surface area contributed by atoms with E-state index in [1.165, 1.54) is 0 Å². The molecule has 0 unspecified atom stereocenters. The molecular formula is C26H27NO3. The number of benzene rings is 3. The zero-order valence-corrected chi connectivity index (χ0v) is 17.3. The predicted octanol–water partition coefficient (Wildman–Crippen LogP) is 5.21. The second-order valence-electron chi connectivity index (χ2n) is 7.71. The van der Waals surface area contributed by atoms with Crippen LogP contribution in [0.3, 0.4) is 0 Å². The maximum atomic E-state index is 12.9. The van der Waals surface area contributed by atoms with Crippen LogP contribution in [0.15, 0.2) is 78.9 Å². The van der Waals surface area contributed by atoms with E-state index in [4.69, 9.17) is 9.47 Å². The third-order valence-corrected chi connectivity index (χ3v) is 5.29. The van der Waals surface area contributed by atoms with E-state index in [1.54, 1.807) is 7.11 Å². The van der Waals surface area contributed by atoms with Crippen LogP contribution in [0, 0.1) is 5.92 Å². The third-order valence-electron chi connectivity index (χ3n) is 5.29. The van der Waals surface area contributed by atoms with Gasteiger partial charge in [0.1, 0.15) is 6.61 Å². The summed E-state index contributed by atoms with van der Waals surface area (Å²) in [5, 5.41) is 0. The molecule has 30 heavy (non-hydrogen) atoms. The third kappa shape index (κ3) is 5.20. The number of ether oxygens (including phenoxy) is 2. The number of nitrogens with zero attached hydrogens (tertiary/aromatic N) is 1. The Bertz CT molecular complexity index is 968. The van der Waals surface area contributed by atoms with Crippen LogP contribution in [0.4, 0.5) is 0 Å². The van der Waals surface area contributed by atoms with Gasteiger partial charge in [0.05, 0.1) is 7.11 Å². The highest BCUT2D eigenvalue weighted by Crippen LogP contribution is 2.33. The standard InChI is InChI=1S/C26H27NO3/c1-29-25-16-22(12-15-24(25)30-19-21-10-6-3-7-11-21)18-27(26(28)23-13-14-23)17-20-8-4-2-5-9-20/h2-12,15-16,23H,13-14,17-19H2,1H3. The molecule has 0 bridgehead atoms. The van der Waals surface area contributed by atoms with Crippen molar-refractivity contribution in [3.8, 4) is 11.5 Å². The highest BCUT2D eigenvalue weighted by Gasteiger charge is 2.33. The van der Waals surface area contributed by atoms with Crippen LogP contribution in [0.5, 0.6) is 11.5 Å². The Morgan fingerprint density at radius 3 is 2.10 bits per heavy atom. The minimum atomic E-state index is 0.184. The molecule has 3 aromatic carbocycles. The van der Waals surface area contributed by atoms with Crippen molar-refractivity contribution in [1.29, 1.82) is 0 Å². The second-order valence-corrected chi connectivity index (χ2v) is 7.71. The molecule has 4 rings (SSSR count). The SMILES string of the molecule is COc1cc(CN(Cc2ccccc2)C(=O)C2CC2)ccc1OCc1ccccc1. The number of carbonyl (C=O) groups excluding carboxylic acids is 1. The van der Waals surface area contributed by atoms with E-state index in [0.29, 0.717) is 31.2 Å². The fourth-order valence-corrected chi connectivity index (χ4v) is 3.49. The fourth-order valence-electron chi connectivity index (χ4n) is 3.49. The van der Waals surface area contributed by atoms with E-state index in [9.17, 15) is 4.79 Å². The van der Waals surface area contributed by atoms with Gasteiger partial charge in [0.15, 0.2) is 11.5 Å². The molecule has 0 aliphatic heterocycles. The summed E-state index contributed by atoms with van der Waals surface area (Å²) in [6.07, 6.45) is 2.00. The molecule has 0 N–H and O–H groups in total. The summed E-state index contributed by atoms with van der Waals surface area (Å²) in [6, 6.07) is 26.1. The summed E-state index contributed by atoms with van der Waals surface area (Å²) in [6.45, 7) is 1.65. The molecule has 0 heterocycles. The van der Waals surface area contributed by atoms with Gasteiger partial charge in [-0.05, 0) is 41.7 Å². The molecule has 4 heteroatoms. The molecule has 1 fully saturated rings. The van der Waals surface area contributed by atoms with Crippen molar-refractivity contribution in [2.75, 3.05) is 7.11 Å². The summed E-state index contributed by atoms with van der Waals surface area (Å²) in [5.74, 6) is 1.81.